The highest BCUT2D eigenvalue weighted by atomic mass is 19.2. The van der Waals surface area contributed by atoms with Gasteiger partial charge >= 0.3 is 12.0 Å². The second-order valence-corrected chi connectivity index (χ2v) is 6.04. The van der Waals surface area contributed by atoms with Gasteiger partial charge in [-0.2, -0.15) is 8.78 Å². The Labute approximate surface area is 159 Å². The van der Waals surface area contributed by atoms with Crippen LogP contribution in [-0.4, -0.2) is 24.5 Å². The topological polar surface area (TPSA) is 75.7 Å². The normalized spacial score (nSPS) is 14.1. The largest absolute Gasteiger partial charge is 0.416 e. The summed E-state index contributed by atoms with van der Waals surface area (Å²) in [6.07, 6.45) is 0.00437. The van der Waals surface area contributed by atoms with Gasteiger partial charge in [0.15, 0.2) is 0 Å². The molecule has 6 nitrogen and oxygen atoms in total. The summed E-state index contributed by atoms with van der Waals surface area (Å²) in [6.45, 7) is 1.61. The minimum atomic E-state index is -2.39. The van der Waals surface area contributed by atoms with E-state index in [9.17, 15) is 36.3 Å². The molecule has 29 heavy (non-hydrogen) atoms. The number of carbonyl (C=O) groups is 3. The molecule has 2 aromatic carbocycles. The zero-order valence-electron chi connectivity index (χ0n) is 14.6. The molecule has 0 saturated carbocycles. The van der Waals surface area contributed by atoms with Gasteiger partial charge in [-0.05, 0) is 24.6 Å². The Hall–Kier alpha value is -3.50. The molecule has 0 atom stereocenters. The summed E-state index contributed by atoms with van der Waals surface area (Å²) in [5, 5.41) is 2.09. The number of aryl methyl sites for hydroxylation is 1. The molecule has 1 aliphatic rings. The van der Waals surface area contributed by atoms with Crippen LogP contribution in [0.2, 0.25) is 0 Å². The number of rotatable bonds is 3. The van der Waals surface area contributed by atoms with Crippen LogP contribution in [0.5, 0.6) is 5.75 Å². The number of amides is 3. The Morgan fingerprint density at radius 3 is 2.17 bits per heavy atom. The monoisotopic (exact) mass is 414 g/mol. The molecule has 0 bridgehead atoms. The number of carbonyl (C=O) groups excluding carboxylic acids is 3. The van der Waals surface area contributed by atoms with E-state index in [0.29, 0.717) is 5.56 Å². The number of hydrogen-bond donors (Lipinski definition) is 1. The predicted molar refractivity (Wildman–Crippen MR) is 87.9 cm³/mol. The van der Waals surface area contributed by atoms with Crippen LogP contribution < -0.4 is 15.0 Å². The number of ether oxygens (including phenoxy) is 1. The maximum Gasteiger partial charge on any atom is 0.343 e. The van der Waals surface area contributed by atoms with Crippen molar-refractivity contribution in [3.8, 4) is 5.75 Å². The van der Waals surface area contributed by atoms with E-state index in [0.717, 1.165) is 11.0 Å². The van der Waals surface area contributed by atoms with E-state index in [1.807, 2.05) is 0 Å². The van der Waals surface area contributed by atoms with E-state index in [-0.39, 0.29) is 24.2 Å². The average Bonchev–Trinajstić information content (AvgIpc) is 2.69. The summed E-state index contributed by atoms with van der Waals surface area (Å²) in [6, 6.07) is 2.96. The standard InChI is InChI=1S/C18H11F5N2O4/c1-7-2-3-8(6-9(7)25-5-4-10(26)24-18(25)28)17(27)29-16-14(22)12(20)11(19)13(21)15(16)23/h2-3,6H,4-5H2,1H3,(H,24,26,28). The first-order valence-corrected chi connectivity index (χ1v) is 8.07. The summed E-state index contributed by atoms with van der Waals surface area (Å²) in [5.74, 6) is -15.1. The van der Waals surface area contributed by atoms with Crippen LogP contribution in [0.15, 0.2) is 18.2 Å². The van der Waals surface area contributed by atoms with Crippen LogP contribution in [0, 0.1) is 36.0 Å². The van der Waals surface area contributed by atoms with Gasteiger partial charge in [-0.15, -0.1) is 0 Å². The van der Waals surface area contributed by atoms with E-state index in [4.69, 9.17) is 0 Å². The molecule has 1 aliphatic heterocycles. The smallest absolute Gasteiger partial charge is 0.343 e. The van der Waals surface area contributed by atoms with E-state index >= 15 is 0 Å². The fourth-order valence-electron chi connectivity index (χ4n) is 2.65. The zero-order valence-corrected chi connectivity index (χ0v) is 14.6. The number of urea groups is 1. The molecule has 11 heteroatoms. The van der Waals surface area contributed by atoms with Crippen molar-refractivity contribution in [2.75, 3.05) is 11.4 Å². The van der Waals surface area contributed by atoms with Gasteiger partial charge in [-0.1, -0.05) is 6.07 Å². The highest BCUT2D eigenvalue weighted by molar-refractivity contribution is 6.06. The summed E-state index contributed by atoms with van der Waals surface area (Å²) < 4.78 is 71.4. The number of nitrogens with zero attached hydrogens (tertiary/aromatic N) is 1. The van der Waals surface area contributed by atoms with Crippen molar-refractivity contribution in [3.63, 3.8) is 0 Å². The third-order valence-electron chi connectivity index (χ3n) is 4.15. The average molecular weight is 414 g/mol. The van der Waals surface area contributed by atoms with Crippen molar-refractivity contribution < 1.29 is 41.1 Å². The number of benzene rings is 2. The Bertz CT molecular complexity index is 1030. The van der Waals surface area contributed by atoms with Crippen molar-refractivity contribution in [1.82, 2.24) is 5.32 Å². The summed E-state index contributed by atoms with van der Waals surface area (Å²) >= 11 is 0. The SMILES string of the molecule is Cc1ccc(C(=O)Oc2c(F)c(F)c(F)c(F)c2F)cc1N1CCC(=O)NC1=O. The second kappa shape index (κ2) is 7.49. The number of imide groups is 1. The van der Waals surface area contributed by atoms with Gasteiger partial charge in [0, 0.05) is 18.7 Å². The third-order valence-corrected chi connectivity index (χ3v) is 4.15. The molecule has 0 radical (unpaired) electrons. The number of nitrogens with one attached hydrogen (secondary N) is 1. The first-order valence-electron chi connectivity index (χ1n) is 8.07. The number of hydrogen-bond acceptors (Lipinski definition) is 4. The maximum atomic E-state index is 13.7. The Morgan fingerprint density at radius 2 is 1.59 bits per heavy atom. The lowest BCUT2D eigenvalue weighted by atomic mass is 10.1. The van der Waals surface area contributed by atoms with Crippen molar-refractivity contribution >= 4 is 23.6 Å². The Morgan fingerprint density at radius 1 is 1.00 bits per heavy atom. The molecule has 1 saturated heterocycles. The lowest BCUT2D eigenvalue weighted by Crippen LogP contribution is -2.49. The van der Waals surface area contributed by atoms with Gasteiger partial charge in [0.05, 0.1) is 5.56 Å². The van der Waals surface area contributed by atoms with Gasteiger partial charge in [0.1, 0.15) is 0 Å². The van der Waals surface area contributed by atoms with E-state index < -0.39 is 52.7 Å². The Balaban J connectivity index is 1.94. The van der Waals surface area contributed by atoms with Crippen LogP contribution in [0.1, 0.15) is 22.3 Å². The molecule has 2 aromatic rings. The van der Waals surface area contributed by atoms with E-state index in [1.54, 1.807) is 6.92 Å². The van der Waals surface area contributed by atoms with Gasteiger partial charge in [-0.25, -0.2) is 22.8 Å². The third kappa shape index (κ3) is 3.62. The van der Waals surface area contributed by atoms with Crippen LogP contribution >= 0.6 is 0 Å². The summed E-state index contributed by atoms with van der Waals surface area (Å²) in [7, 11) is 0. The van der Waals surface area contributed by atoms with Gasteiger partial charge in [0.25, 0.3) is 0 Å². The molecule has 0 aliphatic carbocycles. The minimum Gasteiger partial charge on any atom is -0.416 e. The Kier molecular flexibility index (Phi) is 5.23. The second-order valence-electron chi connectivity index (χ2n) is 6.04. The van der Waals surface area contributed by atoms with Gasteiger partial charge in [-0.3, -0.25) is 15.0 Å². The predicted octanol–water partition coefficient (Wildman–Crippen LogP) is 3.36. The van der Waals surface area contributed by atoms with Crippen LogP contribution in [0.4, 0.5) is 32.4 Å². The van der Waals surface area contributed by atoms with Crippen molar-refractivity contribution in [3.05, 3.63) is 58.4 Å². The summed E-state index contributed by atoms with van der Waals surface area (Å²) in [4.78, 5) is 36.6. The van der Waals surface area contributed by atoms with Crippen LogP contribution in [0.25, 0.3) is 0 Å². The fraction of sp³-hybridized carbons (Fsp3) is 0.167. The molecule has 1 fully saturated rings. The first-order chi connectivity index (χ1) is 13.6. The number of halogens is 5. The molecular formula is C18H11F5N2O4. The van der Waals surface area contributed by atoms with Crippen molar-refractivity contribution in [2.24, 2.45) is 0 Å². The lowest BCUT2D eigenvalue weighted by molar-refractivity contribution is -0.120. The minimum absolute atomic E-state index is 0.00437. The van der Waals surface area contributed by atoms with Crippen LogP contribution in [-0.2, 0) is 4.79 Å². The molecule has 3 rings (SSSR count). The zero-order chi connectivity index (χ0) is 21.5. The molecule has 0 aromatic heterocycles. The molecule has 3 amide bonds. The quantitative estimate of drug-likeness (QED) is 0.275. The van der Waals surface area contributed by atoms with Gasteiger partial charge in [0.2, 0.25) is 40.7 Å². The molecule has 1 heterocycles. The molecule has 0 unspecified atom stereocenters. The summed E-state index contributed by atoms with van der Waals surface area (Å²) in [5.41, 5.74) is 0.392. The van der Waals surface area contributed by atoms with Gasteiger partial charge < -0.3 is 4.74 Å². The van der Waals surface area contributed by atoms with Crippen molar-refractivity contribution in [2.45, 2.75) is 13.3 Å². The number of esters is 1. The first kappa shape index (κ1) is 20.2. The molecular weight excluding hydrogens is 403 g/mol. The fourth-order valence-corrected chi connectivity index (χ4v) is 2.65. The highest BCUT2D eigenvalue weighted by Gasteiger charge is 2.30. The molecule has 152 valence electrons. The van der Waals surface area contributed by atoms with Crippen LogP contribution in [0.3, 0.4) is 0 Å². The lowest BCUT2D eigenvalue weighted by Gasteiger charge is -2.28. The molecule has 0 spiro atoms. The molecule has 1 N–H and O–H groups in total. The number of anilines is 1. The highest BCUT2D eigenvalue weighted by Crippen LogP contribution is 2.30. The van der Waals surface area contributed by atoms with Crippen molar-refractivity contribution in [1.29, 1.82) is 0 Å². The maximum absolute atomic E-state index is 13.7. The van der Waals surface area contributed by atoms with E-state index in [1.165, 1.54) is 12.1 Å². The van der Waals surface area contributed by atoms with E-state index in [2.05, 4.69) is 10.1 Å².